The molecule has 2 rings (SSSR count). The largest absolute Gasteiger partial charge is 0.396 e. The molecule has 2 atom stereocenters. The monoisotopic (exact) mass is 258 g/mol. The first kappa shape index (κ1) is 10.1. The van der Waals surface area contributed by atoms with E-state index in [4.69, 9.17) is 5.11 Å². The maximum absolute atomic E-state index is 13.5. The van der Waals surface area contributed by atoms with E-state index in [0.717, 1.165) is 10.9 Å². The van der Waals surface area contributed by atoms with E-state index < -0.39 is 0 Å². The minimum Gasteiger partial charge on any atom is -0.396 e. The lowest BCUT2D eigenvalue weighted by Gasteiger charge is -2.12. The Kier molecular flexibility index (Phi) is 2.40. The van der Waals surface area contributed by atoms with E-state index in [1.54, 1.807) is 6.07 Å². The van der Waals surface area contributed by atoms with Gasteiger partial charge in [0, 0.05) is 16.5 Å². The van der Waals surface area contributed by atoms with Gasteiger partial charge in [0.1, 0.15) is 5.82 Å². The molecule has 1 aliphatic carbocycles. The summed E-state index contributed by atoms with van der Waals surface area (Å²) in [6, 6.07) is 4.97. The smallest absolute Gasteiger partial charge is 0.127 e. The molecule has 0 aromatic heterocycles. The van der Waals surface area contributed by atoms with Gasteiger partial charge in [-0.3, -0.25) is 0 Å². The topological polar surface area (TPSA) is 20.2 Å². The van der Waals surface area contributed by atoms with Crippen LogP contribution in [0.25, 0.3) is 0 Å². The van der Waals surface area contributed by atoms with Crippen LogP contribution in [0.15, 0.2) is 22.7 Å². The van der Waals surface area contributed by atoms with Crippen molar-refractivity contribution in [3.8, 4) is 0 Å². The fourth-order valence-corrected chi connectivity index (χ4v) is 2.35. The Bertz CT molecular complexity index is 366. The summed E-state index contributed by atoms with van der Waals surface area (Å²) in [6.45, 7) is 2.14. The molecule has 76 valence electrons. The molecule has 0 saturated heterocycles. The summed E-state index contributed by atoms with van der Waals surface area (Å²) in [6.07, 6.45) is 0.872. The summed E-state index contributed by atoms with van der Waals surface area (Å²) in [4.78, 5) is 0. The van der Waals surface area contributed by atoms with E-state index in [9.17, 15) is 4.39 Å². The summed E-state index contributed by atoms with van der Waals surface area (Å²) < 4.78 is 14.4. The third-order valence-corrected chi connectivity index (χ3v) is 3.67. The zero-order chi connectivity index (χ0) is 10.3. The standard InChI is InChI=1S/C11H12BrFO/c1-11(5-7(11)6-14)9-4-8(12)2-3-10(9)13/h2-4,7,14H,5-6H2,1H3. The van der Waals surface area contributed by atoms with Gasteiger partial charge in [0.05, 0.1) is 0 Å². The maximum atomic E-state index is 13.5. The Morgan fingerprint density at radius 2 is 2.36 bits per heavy atom. The Balaban J connectivity index is 2.38. The molecule has 1 N–H and O–H groups in total. The van der Waals surface area contributed by atoms with Crippen molar-refractivity contribution < 1.29 is 9.50 Å². The van der Waals surface area contributed by atoms with Gasteiger partial charge in [0.2, 0.25) is 0 Å². The normalized spacial score (nSPS) is 30.4. The second kappa shape index (κ2) is 3.31. The van der Waals surface area contributed by atoms with Crippen LogP contribution in [0, 0.1) is 11.7 Å². The highest BCUT2D eigenvalue weighted by atomic mass is 79.9. The Labute approximate surface area is 91.1 Å². The number of hydrogen-bond donors (Lipinski definition) is 1. The summed E-state index contributed by atoms with van der Waals surface area (Å²) in [5.41, 5.74) is 0.550. The van der Waals surface area contributed by atoms with Gasteiger partial charge in [-0.15, -0.1) is 0 Å². The maximum Gasteiger partial charge on any atom is 0.127 e. The minimum atomic E-state index is -0.174. The van der Waals surface area contributed by atoms with Crippen LogP contribution in [0.2, 0.25) is 0 Å². The Hall–Kier alpha value is -0.410. The molecular formula is C11H12BrFO. The molecule has 0 bridgehead atoms. The zero-order valence-electron chi connectivity index (χ0n) is 7.93. The van der Waals surface area contributed by atoms with Crippen LogP contribution in [0.4, 0.5) is 4.39 Å². The number of rotatable bonds is 2. The predicted molar refractivity (Wildman–Crippen MR) is 56.6 cm³/mol. The van der Waals surface area contributed by atoms with Gasteiger partial charge in [0.15, 0.2) is 0 Å². The quantitative estimate of drug-likeness (QED) is 0.865. The van der Waals surface area contributed by atoms with E-state index >= 15 is 0 Å². The van der Waals surface area contributed by atoms with Gasteiger partial charge in [-0.2, -0.15) is 0 Å². The van der Waals surface area contributed by atoms with Crippen molar-refractivity contribution in [1.82, 2.24) is 0 Å². The van der Waals surface area contributed by atoms with E-state index in [-0.39, 0.29) is 23.8 Å². The first-order valence-electron chi connectivity index (χ1n) is 4.64. The van der Waals surface area contributed by atoms with Crippen LogP contribution in [0.5, 0.6) is 0 Å². The van der Waals surface area contributed by atoms with Crippen LogP contribution in [-0.2, 0) is 5.41 Å². The van der Waals surface area contributed by atoms with E-state index in [1.807, 2.05) is 13.0 Å². The van der Waals surface area contributed by atoms with Gasteiger partial charge < -0.3 is 5.11 Å². The highest BCUT2D eigenvalue weighted by Gasteiger charge is 2.51. The first-order chi connectivity index (χ1) is 6.58. The van der Waals surface area contributed by atoms with E-state index in [1.165, 1.54) is 6.07 Å². The predicted octanol–water partition coefficient (Wildman–Crippen LogP) is 2.86. The first-order valence-corrected chi connectivity index (χ1v) is 5.43. The fraction of sp³-hybridized carbons (Fsp3) is 0.455. The molecule has 0 heterocycles. The van der Waals surface area contributed by atoms with E-state index in [0.29, 0.717) is 5.56 Å². The van der Waals surface area contributed by atoms with Crippen molar-refractivity contribution in [3.63, 3.8) is 0 Å². The van der Waals surface area contributed by atoms with Crippen molar-refractivity contribution in [1.29, 1.82) is 0 Å². The van der Waals surface area contributed by atoms with Crippen molar-refractivity contribution in [2.75, 3.05) is 6.61 Å². The van der Waals surface area contributed by atoms with E-state index in [2.05, 4.69) is 15.9 Å². The second-order valence-corrected chi connectivity index (χ2v) is 5.04. The molecule has 2 unspecified atom stereocenters. The van der Waals surface area contributed by atoms with Crippen molar-refractivity contribution in [2.24, 2.45) is 5.92 Å². The second-order valence-electron chi connectivity index (χ2n) is 4.13. The summed E-state index contributed by atoms with van der Waals surface area (Å²) in [7, 11) is 0. The third-order valence-electron chi connectivity index (χ3n) is 3.18. The van der Waals surface area contributed by atoms with Crippen LogP contribution >= 0.6 is 15.9 Å². The van der Waals surface area contributed by atoms with Crippen LogP contribution < -0.4 is 0 Å². The number of halogens is 2. The molecule has 0 radical (unpaired) electrons. The molecule has 1 nitrogen and oxygen atoms in total. The Morgan fingerprint density at radius 3 is 2.93 bits per heavy atom. The molecular weight excluding hydrogens is 247 g/mol. The number of hydrogen-bond acceptors (Lipinski definition) is 1. The van der Waals surface area contributed by atoms with Gasteiger partial charge in [-0.25, -0.2) is 4.39 Å². The summed E-state index contributed by atoms with van der Waals surface area (Å²) >= 11 is 3.33. The average molecular weight is 259 g/mol. The van der Waals surface area contributed by atoms with Crippen molar-refractivity contribution in [2.45, 2.75) is 18.8 Å². The van der Waals surface area contributed by atoms with Gasteiger partial charge in [-0.1, -0.05) is 22.9 Å². The summed E-state index contributed by atoms with van der Waals surface area (Å²) in [5.74, 6) is 0.0398. The molecule has 14 heavy (non-hydrogen) atoms. The molecule has 1 fully saturated rings. The molecule has 0 spiro atoms. The number of aliphatic hydroxyl groups excluding tert-OH is 1. The van der Waals surface area contributed by atoms with Crippen LogP contribution in [0.3, 0.4) is 0 Å². The van der Waals surface area contributed by atoms with Gasteiger partial charge in [0.25, 0.3) is 0 Å². The number of benzene rings is 1. The molecule has 0 aliphatic heterocycles. The highest BCUT2D eigenvalue weighted by Crippen LogP contribution is 2.54. The highest BCUT2D eigenvalue weighted by molar-refractivity contribution is 9.10. The molecule has 1 aromatic rings. The summed E-state index contributed by atoms with van der Waals surface area (Å²) in [5, 5.41) is 9.03. The molecule has 3 heteroatoms. The molecule has 1 aromatic carbocycles. The SMILES string of the molecule is CC1(c2cc(Br)ccc2F)CC1CO. The zero-order valence-corrected chi connectivity index (χ0v) is 9.51. The lowest BCUT2D eigenvalue weighted by molar-refractivity contribution is 0.265. The number of aliphatic hydroxyl groups is 1. The fourth-order valence-electron chi connectivity index (χ4n) is 1.98. The molecule has 1 saturated carbocycles. The third kappa shape index (κ3) is 1.48. The molecule has 0 amide bonds. The molecule has 1 aliphatic rings. The lowest BCUT2D eigenvalue weighted by atomic mass is 9.95. The minimum absolute atomic E-state index is 0.141. The van der Waals surface area contributed by atoms with Crippen LogP contribution in [-0.4, -0.2) is 11.7 Å². The van der Waals surface area contributed by atoms with Gasteiger partial charge in [-0.05, 0) is 36.1 Å². The lowest BCUT2D eigenvalue weighted by Crippen LogP contribution is -2.09. The van der Waals surface area contributed by atoms with Gasteiger partial charge >= 0.3 is 0 Å². The Morgan fingerprint density at radius 1 is 1.64 bits per heavy atom. The van der Waals surface area contributed by atoms with Crippen molar-refractivity contribution in [3.05, 3.63) is 34.1 Å². The van der Waals surface area contributed by atoms with Crippen LogP contribution in [0.1, 0.15) is 18.9 Å². The van der Waals surface area contributed by atoms with Crippen molar-refractivity contribution >= 4 is 15.9 Å². The average Bonchev–Trinajstić information content (AvgIpc) is 2.83.